The molecule has 4 rings (SSSR count). The summed E-state index contributed by atoms with van der Waals surface area (Å²) >= 11 is 0. The van der Waals surface area contributed by atoms with E-state index in [1.165, 1.54) is 31.4 Å². The van der Waals surface area contributed by atoms with Crippen molar-refractivity contribution in [2.75, 3.05) is 23.7 Å². The Bertz CT molecular complexity index is 1380. The summed E-state index contributed by atoms with van der Waals surface area (Å²) in [4.78, 5) is 38.4. The molecule has 174 valence electrons. The number of ether oxygens (including phenoxy) is 1. The van der Waals surface area contributed by atoms with Crippen molar-refractivity contribution in [2.45, 2.75) is 11.8 Å². The maximum atomic E-state index is 13.0. The molecule has 0 aromatic heterocycles. The third-order valence-corrected chi connectivity index (χ3v) is 6.80. The summed E-state index contributed by atoms with van der Waals surface area (Å²) in [5.74, 6) is -1.39. The number of methoxy groups -OCH3 is 1. The molecule has 0 saturated heterocycles. The number of aryl methyl sites for hydroxylation is 1. The number of nitrogens with one attached hydrogen (secondary N) is 2. The van der Waals surface area contributed by atoms with Gasteiger partial charge in [0.15, 0.2) is 0 Å². The largest absolute Gasteiger partial charge is 0.495 e. The molecule has 3 aromatic rings. The van der Waals surface area contributed by atoms with Crippen LogP contribution in [0.5, 0.6) is 5.75 Å². The fraction of sp³-hybridized carbons (Fsp3) is 0.125. The van der Waals surface area contributed by atoms with Gasteiger partial charge in [-0.2, -0.15) is 0 Å². The van der Waals surface area contributed by atoms with Crippen molar-refractivity contribution in [2.24, 2.45) is 0 Å². The van der Waals surface area contributed by atoms with Gasteiger partial charge >= 0.3 is 0 Å². The van der Waals surface area contributed by atoms with Crippen LogP contribution in [0.4, 0.5) is 11.4 Å². The minimum absolute atomic E-state index is 0.0445. The summed E-state index contributed by atoms with van der Waals surface area (Å²) in [6, 6.07) is 17.3. The molecule has 0 radical (unpaired) electrons. The molecule has 0 fully saturated rings. The van der Waals surface area contributed by atoms with E-state index in [1.54, 1.807) is 49.4 Å². The van der Waals surface area contributed by atoms with Gasteiger partial charge in [-0.25, -0.2) is 8.42 Å². The Morgan fingerprint density at radius 3 is 2.21 bits per heavy atom. The number of anilines is 2. The van der Waals surface area contributed by atoms with Crippen molar-refractivity contribution in [1.82, 2.24) is 4.90 Å². The Hall–Kier alpha value is -4.18. The quantitative estimate of drug-likeness (QED) is 0.503. The van der Waals surface area contributed by atoms with E-state index >= 15 is 0 Å². The van der Waals surface area contributed by atoms with Crippen molar-refractivity contribution >= 4 is 39.1 Å². The zero-order valence-corrected chi connectivity index (χ0v) is 19.2. The van der Waals surface area contributed by atoms with Crippen LogP contribution < -0.4 is 14.8 Å². The smallest absolute Gasteiger partial charge is 0.262 e. The van der Waals surface area contributed by atoms with Gasteiger partial charge in [0.05, 0.1) is 28.8 Å². The number of carbonyl (C=O) groups is 3. The van der Waals surface area contributed by atoms with Crippen molar-refractivity contribution in [3.05, 3.63) is 83.4 Å². The molecule has 1 heterocycles. The molecule has 10 heteroatoms. The van der Waals surface area contributed by atoms with E-state index in [0.29, 0.717) is 11.3 Å². The van der Waals surface area contributed by atoms with Crippen LogP contribution in [0.3, 0.4) is 0 Å². The number of rotatable bonds is 7. The maximum Gasteiger partial charge on any atom is 0.262 e. The molecule has 0 spiro atoms. The van der Waals surface area contributed by atoms with E-state index in [-0.39, 0.29) is 27.4 Å². The lowest BCUT2D eigenvalue weighted by molar-refractivity contribution is -0.116. The summed E-state index contributed by atoms with van der Waals surface area (Å²) in [5.41, 5.74) is 1.41. The van der Waals surface area contributed by atoms with Gasteiger partial charge in [0.25, 0.3) is 21.8 Å². The lowest BCUT2D eigenvalue weighted by atomic mass is 10.1. The first-order chi connectivity index (χ1) is 16.2. The zero-order valence-electron chi connectivity index (χ0n) is 18.4. The van der Waals surface area contributed by atoms with Gasteiger partial charge in [-0.15, -0.1) is 0 Å². The van der Waals surface area contributed by atoms with Gasteiger partial charge in [-0.1, -0.05) is 30.3 Å². The van der Waals surface area contributed by atoms with E-state index in [9.17, 15) is 22.8 Å². The topological polar surface area (TPSA) is 122 Å². The number of fused-ring (bicyclic) bond motifs is 1. The Morgan fingerprint density at radius 2 is 1.56 bits per heavy atom. The number of benzene rings is 3. The molecule has 0 aliphatic carbocycles. The van der Waals surface area contributed by atoms with Crippen LogP contribution in [0.15, 0.2) is 71.6 Å². The summed E-state index contributed by atoms with van der Waals surface area (Å²) in [6.07, 6.45) is 0. The Kier molecular flexibility index (Phi) is 6.08. The monoisotopic (exact) mass is 479 g/mol. The first-order valence-corrected chi connectivity index (χ1v) is 11.7. The standard InChI is InChI=1S/C24H21N3O6S/c1-15-11-12-16(13-21(15)34(31,32)26-19-9-5-6-10-20(19)33-2)25-22(28)14-27-23(29)17-7-3-4-8-18(17)24(27)30/h3-13,26H,14H2,1-2H3,(H,25,28). The second kappa shape index (κ2) is 8.99. The molecule has 0 bridgehead atoms. The Balaban J connectivity index is 1.52. The molecule has 9 nitrogen and oxygen atoms in total. The number of amides is 3. The van der Waals surface area contributed by atoms with Gasteiger partial charge in [0, 0.05) is 5.69 Å². The maximum absolute atomic E-state index is 13.0. The van der Waals surface area contributed by atoms with Crippen molar-refractivity contribution in [3.8, 4) is 5.75 Å². The predicted octanol–water partition coefficient (Wildman–Crippen LogP) is 3.04. The Labute approximate surface area is 196 Å². The summed E-state index contributed by atoms with van der Waals surface area (Å²) in [6.45, 7) is 1.13. The number of carbonyl (C=O) groups excluding carboxylic acids is 3. The van der Waals surface area contributed by atoms with Crippen LogP contribution in [0.25, 0.3) is 0 Å². The van der Waals surface area contributed by atoms with Gasteiger partial charge in [0.2, 0.25) is 5.91 Å². The predicted molar refractivity (Wildman–Crippen MR) is 125 cm³/mol. The molecule has 2 N–H and O–H groups in total. The SMILES string of the molecule is COc1ccccc1NS(=O)(=O)c1cc(NC(=O)CN2C(=O)c3ccccc3C2=O)ccc1C. The first-order valence-electron chi connectivity index (χ1n) is 10.2. The molecule has 0 unspecified atom stereocenters. The van der Waals surface area contributed by atoms with Crippen molar-refractivity contribution < 1.29 is 27.5 Å². The number of sulfonamides is 1. The number of para-hydroxylation sites is 2. The fourth-order valence-electron chi connectivity index (χ4n) is 3.62. The van der Waals surface area contributed by atoms with Crippen molar-refractivity contribution in [3.63, 3.8) is 0 Å². The highest BCUT2D eigenvalue weighted by Gasteiger charge is 2.36. The highest BCUT2D eigenvalue weighted by atomic mass is 32.2. The molecule has 0 saturated carbocycles. The third-order valence-electron chi connectivity index (χ3n) is 5.29. The van der Waals surface area contributed by atoms with E-state index in [4.69, 9.17) is 4.74 Å². The summed E-state index contributed by atoms with van der Waals surface area (Å²) in [5, 5.41) is 2.56. The van der Waals surface area contributed by atoms with Crippen LogP contribution in [0, 0.1) is 6.92 Å². The van der Waals surface area contributed by atoms with Gasteiger partial charge < -0.3 is 10.1 Å². The molecular formula is C24H21N3O6S. The van der Waals surface area contributed by atoms with E-state index in [2.05, 4.69) is 10.0 Å². The van der Waals surface area contributed by atoms with Gasteiger partial charge in [-0.3, -0.25) is 24.0 Å². The minimum atomic E-state index is -4.01. The van der Waals surface area contributed by atoms with Crippen molar-refractivity contribution in [1.29, 1.82) is 0 Å². The van der Waals surface area contributed by atoms with E-state index in [1.807, 2.05) is 0 Å². The first kappa shape index (κ1) is 23.0. The lowest BCUT2D eigenvalue weighted by Gasteiger charge is -2.16. The lowest BCUT2D eigenvalue weighted by Crippen LogP contribution is -2.37. The molecule has 1 aliphatic rings. The van der Waals surface area contributed by atoms with Gasteiger partial charge in [-0.05, 0) is 48.9 Å². The number of imide groups is 1. The minimum Gasteiger partial charge on any atom is -0.495 e. The van der Waals surface area contributed by atoms with E-state index in [0.717, 1.165) is 4.90 Å². The van der Waals surface area contributed by atoms with Gasteiger partial charge in [0.1, 0.15) is 12.3 Å². The third kappa shape index (κ3) is 4.35. The molecule has 0 atom stereocenters. The molecule has 1 aliphatic heterocycles. The van der Waals surface area contributed by atoms with E-state index < -0.39 is 34.3 Å². The average Bonchev–Trinajstić information content (AvgIpc) is 3.05. The van der Waals surface area contributed by atoms with Crippen LogP contribution in [-0.2, 0) is 14.8 Å². The summed E-state index contributed by atoms with van der Waals surface area (Å²) in [7, 11) is -2.58. The molecule has 34 heavy (non-hydrogen) atoms. The highest BCUT2D eigenvalue weighted by Crippen LogP contribution is 2.28. The second-order valence-electron chi connectivity index (χ2n) is 7.58. The van der Waals surface area contributed by atoms with Crippen LogP contribution >= 0.6 is 0 Å². The molecule has 3 aromatic carbocycles. The second-order valence-corrected chi connectivity index (χ2v) is 9.23. The molecule has 3 amide bonds. The number of nitrogens with zero attached hydrogens (tertiary/aromatic N) is 1. The van der Waals surface area contributed by atoms with Crippen LogP contribution in [-0.4, -0.2) is 44.7 Å². The van der Waals surface area contributed by atoms with Crippen LogP contribution in [0.2, 0.25) is 0 Å². The Morgan fingerprint density at radius 1 is 0.941 bits per heavy atom. The zero-order chi connectivity index (χ0) is 24.5. The molecular weight excluding hydrogens is 458 g/mol. The summed E-state index contributed by atoms with van der Waals surface area (Å²) < 4.78 is 33.8. The van der Waals surface area contributed by atoms with Crippen LogP contribution in [0.1, 0.15) is 26.3 Å². The highest BCUT2D eigenvalue weighted by molar-refractivity contribution is 7.92. The average molecular weight is 480 g/mol. The fourth-order valence-corrected chi connectivity index (χ4v) is 4.97. The number of hydrogen-bond acceptors (Lipinski definition) is 6. The normalized spacial score (nSPS) is 12.9. The number of hydrogen-bond donors (Lipinski definition) is 2.